The summed E-state index contributed by atoms with van der Waals surface area (Å²) in [5.41, 5.74) is 0.647. The molecule has 16 heavy (non-hydrogen) atoms. The van der Waals surface area contributed by atoms with E-state index in [-0.39, 0.29) is 0 Å². The van der Waals surface area contributed by atoms with Gasteiger partial charge in [0.15, 0.2) is 0 Å². The number of anilines is 1. The average molecular weight is 233 g/mol. The zero-order valence-electron chi connectivity index (χ0n) is 9.73. The number of hydrogen-bond donors (Lipinski definition) is 0. The Balaban J connectivity index is 2.85. The summed E-state index contributed by atoms with van der Waals surface area (Å²) < 4.78 is 5.33. The fourth-order valence-corrected chi connectivity index (χ4v) is 1.73. The van der Waals surface area contributed by atoms with Crippen molar-refractivity contribution in [1.82, 2.24) is 0 Å². The zero-order valence-corrected chi connectivity index (χ0v) is 10.7. The Kier molecular flexibility index (Phi) is 3.75. The molecule has 0 aliphatic carbocycles. The maximum Gasteiger partial charge on any atom is 0.412 e. The number of benzene rings is 1. The van der Waals surface area contributed by atoms with Gasteiger partial charge in [0.25, 0.3) is 0 Å². The summed E-state index contributed by atoms with van der Waals surface area (Å²) in [6, 6.07) is 11.4. The van der Waals surface area contributed by atoms with Crippen LogP contribution in [0.25, 0.3) is 0 Å². The fraction of sp³-hybridized carbons (Fsp3) is 0.250. The highest BCUT2D eigenvalue weighted by atomic mass is 28.4. The summed E-state index contributed by atoms with van der Waals surface area (Å²) in [4.78, 5) is 13.0. The number of nitrogens with zero attached hydrogens (tertiary/aromatic N) is 1. The molecule has 1 amide bonds. The lowest BCUT2D eigenvalue weighted by Gasteiger charge is -2.22. The number of carbonyl (C=O) groups excluding carboxylic acids is 1. The predicted molar refractivity (Wildman–Crippen MR) is 67.6 cm³/mol. The molecule has 0 radical (unpaired) electrons. The summed E-state index contributed by atoms with van der Waals surface area (Å²) in [6.07, 6.45) is 4.84. The summed E-state index contributed by atoms with van der Waals surface area (Å²) in [5.74, 6) is 0. The Morgan fingerprint density at radius 1 is 1.31 bits per heavy atom. The monoisotopic (exact) mass is 233 g/mol. The first-order valence-corrected chi connectivity index (χ1v) is 8.39. The van der Waals surface area contributed by atoms with E-state index in [4.69, 9.17) is 10.8 Å². The lowest BCUT2D eigenvalue weighted by molar-refractivity contribution is 0.209. The molecule has 0 atom stereocenters. The van der Waals surface area contributed by atoms with E-state index >= 15 is 0 Å². The van der Waals surface area contributed by atoms with E-state index in [9.17, 15) is 4.79 Å². The first kappa shape index (κ1) is 12.3. The summed E-state index contributed by atoms with van der Waals surface area (Å²) in [6.45, 7) is 5.81. The minimum atomic E-state index is -1.92. The van der Waals surface area contributed by atoms with Gasteiger partial charge in [-0.1, -0.05) is 24.6 Å². The van der Waals surface area contributed by atoms with Crippen LogP contribution < -0.4 is 4.90 Å². The Labute approximate surface area is 97.2 Å². The standard InChI is InChI=1S/C12H15NO2Si/c1-5-13(11-9-7-6-8-10-11)12(14)15-16(2,3)4/h1,6-10H,2-4H3. The van der Waals surface area contributed by atoms with Gasteiger partial charge in [-0.05, 0) is 31.8 Å². The van der Waals surface area contributed by atoms with Crippen molar-refractivity contribution in [1.29, 1.82) is 0 Å². The Morgan fingerprint density at radius 2 is 1.88 bits per heavy atom. The lowest BCUT2D eigenvalue weighted by atomic mass is 10.3. The van der Waals surface area contributed by atoms with Gasteiger partial charge in [0.2, 0.25) is 8.32 Å². The van der Waals surface area contributed by atoms with Gasteiger partial charge >= 0.3 is 6.09 Å². The molecule has 0 fully saturated rings. The molecule has 1 rings (SSSR count). The van der Waals surface area contributed by atoms with Gasteiger partial charge in [-0.25, -0.2) is 9.69 Å². The van der Waals surface area contributed by atoms with Crippen molar-refractivity contribution < 1.29 is 9.22 Å². The quantitative estimate of drug-likeness (QED) is 0.446. The van der Waals surface area contributed by atoms with Gasteiger partial charge in [-0.3, -0.25) is 0 Å². The largest absolute Gasteiger partial charge is 0.503 e. The van der Waals surface area contributed by atoms with E-state index in [0.29, 0.717) is 5.69 Å². The molecule has 0 spiro atoms. The number of rotatable bonds is 2. The second kappa shape index (κ2) is 4.86. The second-order valence-electron chi connectivity index (χ2n) is 4.28. The van der Waals surface area contributed by atoms with Crippen molar-refractivity contribution in [2.45, 2.75) is 19.6 Å². The number of hydrogen-bond acceptors (Lipinski definition) is 2. The first-order chi connectivity index (χ1) is 7.44. The van der Waals surface area contributed by atoms with E-state index in [1.165, 1.54) is 4.90 Å². The van der Waals surface area contributed by atoms with E-state index in [2.05, 4.69) is 6.04 Å². The molecule has 1 aromatic carbocycles. The van der Waals surface area contributed by atoms with Crippen molar-refractivity contribution in [3.63, 3.8) is 0 Å². The van der Waals surface area contributed by atoms with Gasteiger partial charge in [-0.2, -0.15) is 0 Å². The first-order valence-electron chi connectivity index (χ1n) is 4.98. The molecule has 0 saturated heterocycles. The topological polar surface area (TPSA) is 29.5 Å². The molecule has 3 nitrogen and oxygen atoms in total. The predicted octanol–water partition coefficient (Wildman–Crippen LogP) is 3.06. The summed E-state index contributed by atoms with van der Waals surface area (Å²) >= 11 is 0. The van der Waals surface area contributed by atoms with Crippen LogP contribution in [0.5, 0.6) is 0 Å². The molecule has 4 heteroatoms. The molecule has 0 aromatic heterocycles. The van der Waals surface area contributed by atoms with E-state index in [0.717, 1.165) is 0 Å². The SMILES string of the molecule is C#CN(C(=O)O[Si](C)(C)C)c1ccccc1. The highest BCUT2D eigenvalue weighted by Gasteiger charge is 2.24. The van der Waals surface area contributed by atoms with Crippen LogP contribution in [0.4, 0.5) is 10.5 Å². The maximum absolute atomic E-state index is 11.8. The third-order valence-electron chi connectivity index (χ3n) is 1.72. The van der Waals surface area contributed by atoms with Crippen LogP contribution in [0.3, 0.4) is 0 Å². The number of para-hydroxylation sites is 1. The molecule has 0 bridgehead atoms. The molecule has 0 aliphatic rings. The molecule has 0 aliphatic heterocycles. The van der Waals surface area contributed by atoms with Gasteiger partial charge in [0, 0.05) is 6.04 Å². The number of carbonyl (C=O) groups is 1. The van der Waals surface area contributed by atoms with Gasteiger partial charge in [0.1, 0.15) is 0 Å². The third-order valence-corrected chi connectivity index (χ3v) is 2.51. The minimum absolute atomic E-state index is 0.479. The van der Waals surface area contributed by atoms with Crippen LogP contribution >= 0.6 is 0 Å². The summed E-state index contributed by atoms with van der Waals surface area (Å²) in [7, 11) is -1.92. The zero-order chi connectivity index (χ0) is 12.2. The van der Waals surface area contributed by atoms with Crippen molar-refractivity contribution in [3.8, 4) is 12.5 Å². The number of terminal acetylenes is 1. The van der Waals surface area contributed by atoms with Gasteiger partial charge in [0.05, 0.1) is 5.69 Å². The Hall–Kier alpha value is -1.73. The van der Waals surface area contributed by atoms with Crippen LogP contribution in [0.1, 0.15) is 0 Å². The highest BCUT2D eigenvalue weighted by Crippen LogP contribution is 2.15. The van der Waals surface area contributed by atoms with E-state index in [1.807, 2.05) is 37.8 Å². The molecule has 84 valence electrons. The maximum atomic E-state index is 11.8. The van der Waals surface area contributed by atoms with Crippen LogP contribution in [-0.4, -0.2) is 14.4 Å². The molecule has 0 heterocycles. The number of amides is 1. The second-order valence-corrected chi connectivity index (χ2v) is 8.71. The van der Waals surface area contributed by atoms with Crippen LogP contribution in [0, 0.1) is 12.5 Å². The Morgan fingerprint density at radius 3 is 2.31 bits per heavy atom. The molecule has 0 unspecified atom stereocenters. The fourth-order valence-electron chi connectivity index (χ4n) is 1.12. The van der Waals surface area contributed by atoms with Crippen molar-refractivity contribution in [2.75, 3.05) is 4.90 Å². The van der Waals surface area contributed by atoms with Gasteiger partial charge < -0.3 is 4.43 Å². The van der Waals surface area contributed by atoms with Crippen molar-refractivity contribution in [2.24, 2.45) is 0 Å². The smallest absolute Gasteiger partial charge is 0.412 e. The normalized spacial score (nSPS) is 10.4. The molecule has 0 N–H and O–H groups in total. The van der Waals surface area contributed by atoms with Crippen molar-refractivity contribution >= 4 is 20.1 Å². The molecule has 0 saturated carbocycles. The molecular weight excluding hydrogens is 218 g/mol. The Bertz CT molecular complexity index is 403. The molecular formula is C12H15NO2Si. The minimum Gasteiger partial charge on any atom is -0.503 e. The van der Waals surface area contributed by atoms with Crippen LogP contribution in [0.15, 0.2) is 30.3 Å². The van der Waals surface area contributed by atoms with Crippen LogP contribution in [0.2, 0.25) is 19.6 Å². The third kappa shape index (κ3) is 3.44. The van der Waals surface area contributed by atoms with E-state index < -0.39 is 14.4 Å². The van der Waals surface area contributed by atoms with Crippen molar-refractivity contribution in [3.05, 3.63) is 30.3 Å². The highest BCUT2D eigenvalue weighted by molar-refractivity contribution is 6.71. The van der Waals surface area contributed by atoms with E-state index in [1.54, 1.807) is 12.1 Å². The summed E-state index contributed by atoms with van der Waals surface area (Å²) in [5, 5.41) is 0. The average Bonchev–Trinajstić information content (AvgIpc) is 2.17. The molecule has 1 aromatic rings. The van der Waals surface area contributed by atoms with Crippen LogP contribution in [-0.2, 0) is 4.43 Å². The van der Waals surface area contributed by atoms with Gasteiger partial charge in [-0.15, -0.1) is 0 Å². The lowest BCUT2D eigenvalue weighted by Crippen LogP contribution is -2.36.